The van der Waals surface area contributed by atoms with E-state index < -0.39 is 0 Å². The molecule has 5 heteroatoms. The monoisotopic (exact) mass is 385 g/mol. The van der Waals surface area contributed by atoms with Crippen molar-refractivity contribution in [3.05, 3.63) is 100 Å². The first-order valence-electron chi connectivity index (χ1n) is 9.00. The zero-order valence-corrected chi connectivity index (χ0v) is 15.6. The van der Waals surface area contributed by atoms with Gasteiger partial charge < -0.3 is 4.98 Å². The van der Waals surface area contributed by atoms with Gasteiger partial charge in [-0.25, -0.2) is 4.98 Å². The number of para-hydroxylation sites is 2. The van der Waals surface area contributed by atoms with Crippen molar-refractivity contribution < 1.29 is 0 Å². The van der Waals surface area contributed by atoms with Gasteiger partial charge in [0.15, 0.2) is 0 Å². The number of fused-ring (bicyclic) bond motifs is 2. The topological polar surface area (TPSA) is 50.7 Å². The van der Waals surface area contributed by atoms with E-state index in [2.05, 4.69) is 16.0 Å². The summed E-state index contributed by atoms with van der Waals surface area (Å²) in [5, 5.41) is 2.40. The molecule has 3 aromatic carbocycles. The van der Waals surface area contributed by atoms with E-state index >= 15 is 0 Å². The van der Waals surface area contributed by atoms with Crippen LogP contribution >= 0.6 is 11.6 Å². The highest BCUT2D eigenvalue weighted by Gasteiger charge is 2.15. The minimum atomic E-state index is -0.0436. The van der Waals surface area contributed by atoms with Crippen LogP contribution in [-0.2, 0) is 6.54 Å². The van der Waals surface area contributed by atoms with E-state index in [1.165, 1.54) is 0 Å². The Kier molecular flexibility index (Phi) is 3.99. The Hall–Kier alpha value is -3.37. The molecule has 0 fully saturated rings. The molecular formula is C23H16ClN3O. The molecule has 28 heavy (non-hydrogen) atoms. The summed E-state index contributed by atoms with van der Waals surface area (Å²) in [5.41, 5.74) is 4.76. The maximum atomic E-state index is 13.0. The summed E-state index contributed by atoms with van der Waals surface area (Å²) in [7, 11) is 0. The summed E-state index contributed by atoms with van der Waals surface area (Å²) < 4.78 is 1.66. The minimum Gasteiger partial charge on any atom is -0.354 e. The van der Waals surface area contributed by atoms with E-state index in [1.54, 1.807) is 10.9 Å². The number of H-pyrrole nitrogens is 1. The third-order valence-electron chi connectivity index (χ3n) is 5.01. The van der Waals surface area contributed by atoms with Crippen LogP contribution in [-0.4, -0.2) is 14.5 Å². The summed E-state index contributed by atoms with van der Waals surface area (Å²) in [6.45, 7) is 0.429. The molecule has 2 heterocycles. The van der Waals surface area contributed by atoms with Crippen molar-refractivity contribution >= 4 is 33.4 Å². The second-order valence-electron chi connectivity index (χ2n) is 6.73. The Morgan fingerprint density at radius 3 is 2.43 bits per heavy atom. The molecule has 0 saturated carbocycles. The maximum Gasteiger partial charge on any atom is 0.261 e. The number of rotatable bonds is 3. The Bertz CT molecular complexity index is 1370. The molecular weight excluding hydrogens is 370 g/mol. The molecule has 0 bridgehead atoms. The molecule has 2 aromatic heterocycles. The number of hydrogen-bond acceptors (Lipinski definition) is 2. The highest BCUT2D eigenvalue weighted by atomic mass is 35.5. The SMILES string of the molecule is O=c1c2ccccc2ncn1Cc1c(-c2ccc(Cl)cc2)[nH]c2ccccc12. The van der Waals surface area contributed by atoms with Gasteiger partial charge in [0.25, 0.3) is 5.56 Å². The van der Waals surface area contributed by atoms with Crippen molar-refractivity contribution in [1.29, 1.82) is 0 Å². The molecule has 0 saturated heterocycles. The average Bonchev–Trinajstić information content (AvgIpc) is 3.09. The zero-order valence-electron chi connectivity index (χ0n) is 14.9. The fourth-order valence-corrected chi connectivity index (χ4v) is 3.74. The van der Waals surface area contributed by atoms with E-state index in [0.717, 1.165) is 27.7 Å². The molecule has 0 unspecified atom stereocenters. The van der Waals surface area contributed by atoms with Crippen LogP contribution in [0.3, 0.4) is 0 Å². The van der Waals surface area contributed by atoms with E-state index in [1.807, 2.05) is 66.7 Å². The minimum absolute atomic E-state index is 0.0436. The number of benzene rings is 3. The first kappa shape index (κ1) is 16.8. The molecule has 0 aliphatic carbocycles. The molecule has 0 amide bonds. The first-order chi connectivity index (χ1) is 13.7. The van der Waals surface area contributed by atoms with Crippen molar-refractivity contribution in [2.24, 2.45) is 0 Å². The van der Waals surface area contributed by atoms with Crippen molar-refractivity contribution in [1.82, 2.24) is 14.5 Å². The third kappa shape index (κ3) is 2.79. The third-order valence-corrected chi connectivity index (χ3v) is 5.26. The highest BCUT2D eigenvalue weighted by Crippen LogP contribution is 2.31. The predicted octanol–water partition coefficient (Wildman–Crippen LogP) is 5.25. The second-order valence-corrected chi connectivity index (χ2v) is 7.16. The van der Waals surface area contributed by atoms with Crippen LogP contribution in [0.5, 0.6) is 0 Å². The molecule has 0 atom stereocenters. The molecule has 5 aromatic rings. The normalized spacial score (nSPS) is 11.3. The van der Waals surface area contributed by atoms with Gasteiger partial charge in [0.1, 0.15) is 0 Å². The van der Waals surface area contributed by atoms with E-state index in [0.29, 0.717) is 22.5 Å². The Morgan fingerprint density at radius 1 is 0.893 bits per heavy atom. The molecule has 0 spiro atoms. The van der Waals surface area contributed by atoms with Gasteiger partial charge in [0.05, 0.1) is 29.5 Å². The molecule has 1 N–H and O–H groups in total. The summed E-state index contributed by atoms with van der Waals surface area (Å²) >= 11 is 6.06. The van der Waals surface area contributed by atoms with Crippen LogP contribution in [0, 0.1) is 0 Å². The van der Waals surface area contributed by atoms with Crippen LogP contribution < -0.4 is 5.56 Å². The van der Waals surface area contributed by atoms with Crippen molar-refractivity contribution in [2.75, 3.05) is 0 Å². The van der Waals surface area contributed by atoms with E-state index in [-0.39, 0.29) is 5.56 Å². The van der Waals surface area contributed by atoms with Gasteiger partial charge in [-0.2, -0.15) is 0 Å². The Balaban J connectivity index is 1.70. The largest absolute Gasteiger partial charge is 0.354 e. The predicted molar refractivity (Wildman–Crippen MR) is 114 cm³/mol. The quantitative estimate of drug-likeness (QED) is 0.461. The van der Waals surface area contributed by atoms with Crippen molar-refractivity contribution in [3.8, 4) is 11.3 Å². The molecule has 0 aliphatic rings. The fraction of sp³-hybridized carbons (Fsp3) is 0.0435. The van der Waals surface area contributed by atoms with Crippen LogP contribution in [0.4, 0.5) is 0 Å². The summed E-state index contributed by atoms with van der Waals surface area (Å²) in [4.78, 5) is 20.9. The fourth-order valence-electron chi connectivity index (χ4n) is 3.62. The highest BCUT2D eigenvalue weighted by molar-refractivity contribution is 6.30. The lowest BCUT2D eigenvalue weighted by molar-refractivity contribution is 0.753. The standard InChI is InChI=1S/C23H16ClN3O/c24-16-11-9-15(10-12-16)22-19(17-5-1-4-8-21(17)26-22)13-27-14-25-20-7-3-2-6-18(20)23(27)28/h1-12,14,26H,13H2. The summed E-state index contributed by atoms with van der Waals surface area (Å²) in [6, 6.07) is 23.2. The zero-order chi connectivity index (χ0) is 19.1. The van der Waals surface area contributed by atoms with Crippen LogP contribution in [0.2, 0.25) is 5.02 Å². The molecule has 5 rings (SSSR count). The molecule has 0 radical (unpaired) electrons. The number of aromatic nitrogens is 3. The van der Waals surface area contributed by atoms with Gasteiger partial charge in [0.2, 0.25) is 0 Å². The lowest BCUT2D eigenvalue weighted by Crippen LogP contribution is -2.21. The second kappa shape index (κ2) is 6.66. The summed E-state index contributed by atoms with van der Waals surface area (Å²) in [6.07, 6.45) is 1.62. The van der Waals surface area contributed by atoms with Gasteiger partial charge in [0, 0.05) is 21.5 Å². The van der Waals surface area contributed by atoms with Crippen molar-refractivity contribution in [2.45, 2.75) is 6.54 Å². The molecule has 0 aliphatic heterocycles. The molecule has 136 valence electrons. The number of halogens is 1. The van der Waals surface area contributed by atoms with Crippen molar-refractivity contribution in [3.63, 3.8) is 0 Å². The average molecular weight is 386 g/mol. The maximum absolute atomic E-state index is 13.0. The first-order valence-corrected chi connectivity index (χ1v) is 9.38. The van der Waals surface area contributed by atoms with Gasteiger partial charge in [-0.1, -0.05) is 54.1 Å². The van der Waals surface area contributed by atoms with Gasteiger partial charge in [-0.15, -0.1) is 0 Å². The van der Waals surface area contributed by atoms with E-state index in [4.69, 9.17) is 11.6 Å². The number of nitrogens with zero attached hydrogens (tertiary/aromatic N) is 2. The van der Waals surface area contributed by atoms with Crippen LogP contribution in [0.25, 0.3) is 33.1 Å². The van der Waals surface area contributed by atoms with E-state index in [9.17, 15) is 4.79 Å². The smallest absolute Gasteiger partial charge is 0.261 e. The lowest BCUT2D eigenvalue weighted by Gasteiger charge is -2.09. The van der Waals surface area contributed by atoms with Crippen LogP contribution in [0.15, 0.2) is 83.9 Å². The lowest BCUT2D eigenvalue weighted by atomic mass is 10.0. The van der Waals surface area contributed by atoms with Gasteiger partial charge in [-0.3, -0.25) is 9.36 Å². The number of hydrogen-bond donors (Lipinski definition) is 1. The Labute approximate surface area is 166 Å². The van der Waals surface area contributed by atoms with Crippen LogP contribution in [0.1, 0.15) is 5.56 Å². The van der Waals surface area contributed by atoms with Gasteiger partial charge >= 0.3 is 0 Å². The number of nitrogens with one attached hydrogen (secondary N) is 1. The number of aromatic amines is 1. The van der Waals surface area contributed by atoms with Gasteiger partial charge in [-0.05, 0) is 35.9 Å². The Morgan fingerprint density at radius 2 is 1.61 bits per heavy atom. The molecule has 4 nitrogen and oxygen atoms in total. The summed E-state index contributed by atoms with van der Waals surface area (Å²) in [5.74, 6) is 0.